The Bertz CT molecular complexity index is 785. The lowest BCUT2D eigenvalue weighted by molar-refractivity contribution is -0.0598. The Morgan fingerprint density at radius 3 is 1.60 bits per heavy atom. The molecular weight excluding hydrogens is 448 g/mol. The molecule has 2 aromatic carbocycles. The summed E-state index contributed by atoms with van der Waals surface area (Å²) in [6.07, 6.45) is 1.11. The smallest absolute Gasteiger partial charge is 0.200 e. The maximum Gasteiger partial charge on any atom is 0.200 e. The molecule has 0 heterocycles. The average Bonchev–Trinajstić information content (AvgIpc) is 2.82. The molecule has 196 valence electrons. The molecule has 0 fully saturated rings. The van der Waals surface area contributed by atoms with Crippen molar-refractivity contribution in [3.05, 3.63) is 71.8 Å². The van der Waals surface area contributed by atoms with Gasteiger partial charge in [0, 0.05) is 6.61 Å². The predicted octanol–water partition coefficient (Wildman–Crippen LogP) is 8.64. The molecule has 0 aliphatic heterocycles. The van der Waals surface area contributed by atoms with Crippen molar-refractivity contribution >= 4 is 8.32 Å². The Balaban J connectivity index is 1.98. The fraction of sp³-hybridized carbons (Fsp3) is 0.613. The molecule has 0 bridgehead atoms. The standard InChI is InChI=1S/C31H50O3Si/c1-24(2)35(25(3)4,26(5)6)34-20-27(7)19-28(8)31(33-22-30-17-13-10-14-18-30)23-32-21-29-15-11-9-12-16-29/h9-18,24-28,31H,19-23H2,1-8H3/t27-,28-,31+/m0/s1. The number of rotatable bonds is 16. The van der Waals surface area contributed by atoms with E-state index in [1.165, 1.54) is 11.1 Å². The van der Waals surface area contributed by atoms with E-state index in [1.807, 2.05) is 12.1 Å². The molecule has 0 unspecified atom stereocenters. The second-order valence-corrected chi connectivity index (χ2v) is 16.7. The van der Waals surface area contributed by atoms with E-state index in [2.05, 4.69) is 104 Å². The average molecular weight is 499 g/mol. The highest BCUT2D eigenvalue weighted by Gasteiger charge is 2.45. The molecule has 0 amide bonds. The van der Waals surface area contributed by atoms with E-state index in [1.54, 1.807) is 0 Å². The topological polar surface area (TPSA) is 27.7 Å². The van der Waals surface area contributed by atoms with Gasteiger partial charge in [0.1, 0.15) is 0 Å². The normalized spacial score (nSPS) is 15.1. The highest BCUT2D eigenvalue weighted by molar-refractivity contribution is 6.77. The zero-order valence-corrected chi connectivity index (χ0v) is 24.5. The van der Waals surface area contributed by atoms with Crippen molar-refractivity contribution in [2.24, 2.45) is 11.8 Å². The summed E-state index contributed by atoms with van der Waals surface area (Å²) in [5.41, 5.74) is 4.23. The second kappa shape index (κ2) is 14.9. The third kappa shape index (κ3) is 9.17. The van der Waals surface area contributed by atoms with Crippen LogP contribution in [0.15, 0.2) is 60.7 Å². The SMILES string of the molecule is CC(C)[Si](OC[C@@H](C)C[C@H](C)[C@@H](COCc1ccccc1)OCc1ccccc1)(C(C)C)C(C)C. The Kier molecular flexibility index (Phi) is 12.7. The van der Waals surface area contributed by atoms with Crippen LogP contribution in [0.4, 0.5) is 0 Å². The Labute approximate surface area is 216 Å². The van der Waals surface area contributed by atoms with Crippen LogP contribution in [-0.2, 0) is 27.1 Å². The summed E-state index contributed by atoms with van der Waals surface area (Å²) >= 11 is 0. The quantitative estimate of drug-likeness (QED) is 0.217. The van der Waals surface area contributed by atoms with Gasteiger partial charge in [-0.2, -0.15) is 0 Å². The van der Waals surface area contributed by atoms with Crippen molar-refractivity contribution in [2.45, 2.75) is 97.8 Å². The molecule has 0 radical (unpaired) electrons. The van der Waals surface area contributed by atoms with Gasteiger partial charge in [-0.3, -0.25) is 0 Å². The third-order valence-electron chi connectivity index (χ3n) is 7.43. The molecule has 0 N–H and O–H groups in total. The molecular formula is C31H50O3Si. The molecule has 0 saturated heterocycles. The lowest BCUT2D eigenvalue weighted by Crippen LogP contribution is -2.48. The molecule has 0 saturated carbocycles. The summed E-state index contributed by atoms with van der Waals surface area (Å²) < 4.78 is 19.5. The van der Waals surface area contributed by atoms with Gasteiger partial charge in [0.05, 0.1) is 25.9 Å². The highest BCUT2D eigenvalue weighted by Crippen LogP contribution is 2.42. The van der Waals surface area contributed by atoms with Crippen molar-refractivity contribution in [2.75, 3.05) is 13.2 Å². The van der Waals surface area contributed by atoms with Crippen LogP contribution in [0.5, 0.6) is 0 Å². The molecule has 3 atom stereocenters. The molecule has 0 aliphatic rings. The summed E-state index contributed by atoms with van der Waals surface area (Å²) in [5.74, 6) is 0.853. The number of ether oxygens (including phenoxy) is 2. The van der Waals surface area contributed by atoms with Crippen molar-refractivity contribution in [3.63, 3.8) is 0 Å². The minimum atomic E-state index is -1.84. The van der Waals surface area contributed by atoms with E-state index < -0.39 is 8.32 Å². The first kappa shape index (κ1) is 29.8. The van der Waals surface area contributed by atoms with Crippen LogP contribution in [0, 0.1) is 11.8 Å². The van der Waals surface area contributed by atoms with E-state index >= 15 is 0 Å². The molecule has 0 spiro atoms. The Morgan fingerprint density at radius 1 is 0.629 bits per heavy atom. The van der Waals surface area contributed by atoms with Gasteiger partial charge >= 0.3 is 0 Å². The first-order chi connectivity index (χ1) is 16.7. The van der Waals surface area contributed by atoms with Crippen LogP contribution < -0.4 is 0 Å². The molecule has 3 nitrogen and oxygen atoms in total. The Hall–Kier alpha value is -1.46. The lowest BCUT2D eigenvalue weighted by atomic mass is 9.93. The van der Waals surface area contributed by atoms with Gasteiger partial charge in [0.2, 0.25) is 0 Å². The molecule has 4 heteroatoms. The summed E-state index contributed by atoms with van der Waals surface area (Å²) in [7, 11) is -1.84. The molecule has 0 aliphatic carbocycles. The van der Waals surface area contributed by atoms with Crippen LogP contribution in [0.25, 0.3) is 0 Å². The molecule has 2 aromatic rings. The summed E-state index contributed by atoms with van der Waals surface area (Å²) in [4.78, 5) is 0. The van der Waals surface area contributed by atoms with Crippen molar-refractivity contribution < 1.29 is 13.9 Å². The van der Waals surface area contributed by atoms with Gasteiger partial charge in [-0.05, 0) is 46.0 Å². The van der Waals surface area contributed by atoms with E-state index in [4.69, 9.17) is 13.9 Å². The van der Waals surface area contributed by atoms with E-state index in [0.717, 1.165) is 13.0 Å². The summed E-state index contributed by atoms with van der Waals surface area (Å²) in [6.45, 7) is 21.4. The zero-order chi connectivity index (χ0) is 25.8. The maximum atomic E-state index is 6.89. The monoisotopic (exact) mass is 498 g/mol. The Morgan fingerprint density at radius 2 is 1.11 bits per heavy atom. The zero-order valence-electron chi connectivity index (χ0n) is 23.5. The summed E-state index contributed by atoms with van der Waals surface area (Å²) in [5, 5.41) is 0. The van der Waals surface area contributed by atoms with E-state index in [-0.39, 0.29) is 6.10 Å². The lowest BCUT2D eigenvalue weighted by Gasteiger charge is -2.43. The molecule has 0 aromatic heterocycles. The van der Waals surface area contributed by atoms with Gasteiger partial charge in [0.15, 0.2) is 8.32 Å². The number of hydrogen-bond donors (Lipinski definition) is 0. The van der Waals surface area contributed by atoms with Crippen molar-refractivity contribution in [3.8, 4) is 0 Å². The van der Waals surface area contributed by atoms with Gasteiger partial charge in [-0.15, -0.1) is 0 Å². The van der Waals surface area contributed by atoms with Crippen molar-refractivity contribution in [1.82, 2.24) is 0 Å². The van der Waals surface area contributed by atoms with Gasteiger partial charge < -0.3 is 13.9 Å². The minimum Gasteiger partial charge on any atom is -0.416 e. The highest BCUT2D eigenvalue weighted by atomic mass is 28.4. The number of benzene rings is 2. The van der Waals surface area contributed by atoms with Gasteiger partial charge in [0.25, 0.3) is 0 Å². The van der Waals surface area contributed by atoms with Crippen molar-refractivity contribution in [1.29, 1.82) is 0 Å². The first-order valence-electron chi connectivity index (χ1n) is 13.6. The van der Waals surface area contributed by atoms with E-state index in [0.29, 0.717) is 48.3 Å². The maximum absolute atomic E-state index is 6.89. The molecule has 2 rings (SSSR count). The predicted molar refractivity (Wildman–Crippen MR) is 151 cm³/mol. The minimum absolute atomic E-state index is 0.0451. The van der Waals surface area contributed by atoms with Crippen LogP contribution in [0.1, 0.15) is 72.9 Å². The van der Waals surface area contributed by atoms with Gasteiger partial charge in [-0.1, -0.05) is 116 Å². The van der Waals surface area contributed by atoms with Crippen LogP contribution >= 0.6 is 0 Å². The van der Waals surface area contributed by atoms with Crippen LogP contribution in [0.2, 0.25) is 16.6 Å². The number of hydrogen-bond acceptors (Lipinski definition) is 3. The van der Waals surface area contributed by atoms with Crippen LogP contribution in [-0.4, -0.2) is 27.6 Å². The third-order valence-corrected chi connectivity index (χ3v) is 13.5. The largest absolute Gasteiger partial charge is 0.416 e. The van der Waals surface area contributed by atoms with E-state index in [9.17, 15) is 0 Å². The fourth-order valence-corrected chi connectivity index (χ4v) is 11.2. The second-order valence-electron chi connectivity index (χ2n) is 11.3. The molecule has 35 heavy (non-hydrogen) atoms. The van der Waals surface area contributed by atoms with Gasteiger partial charge in [-0.25, -0.2) is 0 Å². The summed E-state index contributed by atoms with van der Waals surface area (Å²) in [6, 6.07) is 20.8. The fourth-order valence-electron chi connectivity index (χ4n) is 5.66. The van der Waals surface area contributed by atoms with Crippen LogP contribution in [0.3, 0.4) is 0 Å². The first-order valence-corrected chi connectivity index (χ1v) is 15.7.